The van der Waals surface area contributed by atoms with Crippen LogP contribution in [0.1, 0.15) is 32.3 Å². The zero-order valence-electron chi connectivity index (χ0n) is 11.2. The van der Waals surface area contributed by atoms with E-state index in [9.17, 15) is 4.79 Å². The predicted molar refractivity (Wildman–Crippen MR) is 77.3 cm³/mol. The minimum Gasteiger partial charge on any atom is -0.492 e. The van der Waals surface area contributed by atoms with Crippen LogP contribution < -0.4 is 10.4 Å². The Morgan fingerprint density at radius 2 is 2.00 bits per heavy atom. The van der Waals surface area contributed by atoms with E-state index in [2.05, 4.69) is 6.92 Å². The van der Waals surface area contributed by atoms with Crippen molar-refractivity contribution < 1.29 is 9.15 Å². The first-order valence-electron chi connectivity index (χ1n) is 6.54. The Labute approximate surface area is 117 Å². The quantitative estimate of drug-likeness (QED) is 0.771. The Balaban J connectivity index is 2.56. The maximum absolute atomic E-state index is 11.5. The van der Waals surface area contributed by atoms with E-state index in [-0.39, 0.29) is 5.63 Å². The van der Waals surface area contributed by atoms with Crippen molar-refractivity contribution in [3.63, 3.8) is 0 Å². The van der Waals surface area contributed by atoms with Gasteiger partial charge in [0.25, 0.3) is 0 Å². The lowest BCUT2D eigenvalue weighted by atomic mass is 10.1. The van der Waals surface area contributed by atoms with Crippen LogP contribution in [-0.4, -0.2) is 6.61 Å². The number of halogens is 1. The molecule has 19 heavy (non-hydrogen) atoms. The molecular weight excluding hydrogens is 264 g/mol. The van der Waals surface area contributed by atoms with E-state index in [1.165, 1.54) is 6.07 Å². The molecule has 2 rings (SSSR count). The van der Waals surface area contributed by atoms with Crippen LogP contribution in [0.2, 0.25) is 5.02 Å². The van der Waals surface area contributed by atoms with Gasteiger partial charge in [-0.1, -0.05) is 31.9 Å². The smallest absolute Gasteiger partial charge is 0.336 e. The van der Waals surface area contributed by atoms with Crippen molar-refractivity contribution in [2.75, 3.05) is 6.61 Å². The highest BCUT2D eigenvalue weighted by atomic mass is 35.5. The summed E-state index contributed by atoms with van der Waals surface area (Å²) in [5.74, 6) is 0.563. The van der Waals surface area contributed by atoms with Crippen molar-refractivity contribution in [3.05, 3.63) is 39.2 Å². The Morgan fingerprint density at radius 3 is 2.68 bits per heavy atom. The van der Waals surface area contributed by atoms with Crippen molar-refractivity contribution >= 4 is 22.6 Å². The molecule has 1 aromatic carbocycles. The van der Waals surface area contributed by atoms with Crippen molar-refractivity contribution in [3.8, 4) is 5.75 Å². The van der Waals surface area contributed by atoms with Crippen molar-refractivity contribution in [1.82, 2.24) is 0 Å². The highest BCUT2D eigenvalue weighted by molar-refractivity contribution is 6.32. The molecule has 0 saturated heterocycles. The van der Waals surface area contributed by atoms with Crippen LogP contribution in [0.3, 0.4) is 0 Å². The van der Waals surface area contributed by atoms with Gasteiger partial charge in [0.1, 0.15) is 11.3 Å². The van der Waals surface area contributed by atoms with Crippen LogP contribution in [0, 0.1) is 0 Å². The fourth-order valence-corrected chi connectivity index (χ4v) is 2.24. The summed E-state index contributed by atoms with van der Waals surface area (Å²) in [6.45, 7) is 4.68. The Kier molecular flexibility index (Phi) is 4.48. The van der Waals surface area contributed by atoms with Crippen LogP contribution in [0.4, 0.5) is 0 Å². The van der Waals surface area contributed by atoms with Gasteiger partial charge in [-0.3, -0.25) is 0 Å². The van der Waals surface area contributed by atoms with Crippen molar-refractivity contribution in [1.29, 1.82) is 0 Å². The molecule has 0 atom stereocenters. The first-order valence-corrected chi connectivity index (χ1v) is 6.92. The van der Waals surface area contributed by atoms with Crippen LogP contribution in [0.25, 0.3) is 11.0 Å². The molecule has 0 aliphatic heterocycles. The normalized spacial score (nSPS) is 10.9. The molecule has 0 aliphatic rings. The summed E-state index contributed by atoms with van der Waals surface area (Å²) in [5, 5.41) is 1.43. The van der Waals surface area contributed by atoms with Gasteiger partial charge in [0, 0.05) is 17.5 Å². The molecule has 102 valence electrons. The summed E-state index contributed by atoms with van der Waals surface area (Å²) < 4.78 is 10.8. The van der Waals surface area contributed by atoms with Gasteiger partial charge in [-0.05, 0) is 24.5 Å². The van der Waals surface area contributed by atoms with Gasteiger partial charge in [-0.2, -0.15) is 0 Å². The number of ether oxygens (including phenoxy) is 1. The molecule has 0 aliphatic carbocycles. The van der Waals surface area contributed by atoms with Gasteiger partial charge in [-0.25, -0.2) is 4.79 Å². The maximum atomic E-state index is 11.5. The summed E-state index contributed by atoms with van der Waals surface area (Å²) in [4.78, 5) is 11.5. The molecule has 2 aromatic rings. The standard InChI is InChI=1S/C15H17ClO3/c1-3-5-10-7-15(17)19-13-9-14(18-6-4-2)12(16)8-11(10)13/h7-9H,3-6H2,1-2H3. The molecule has 0 N–H and O–H groups in total. The number of aryl methyl sites for hydroxylation is 1. The van der Waals surface area contributed by atoms with Gasteiger partial charge in [0.2, 0.25) is 0 Å². The van der Waals surface area contributed by atoms with Crippen LogP contribution in [0.15, 0.2) is 27.4 Å². The topological polar surface area (TPSA) is 39.4 Å². The highest BCUT2D eigenvalue weighted by Gasteiger charge is 2.10. The first kappa shape index (κ1) is 13.9. The Morgan fingerprint density at radius 1 is 1.21 bits per heavy atom. The molecule has 0 spiro atoms. The number of hydrogen-bond acceptors (Lipinski definition) is 3. The highest BCUT2D eigenvalue weighted by Crippen LogP contribution is 2.31. The fourth-order valence-electron chi connectivity index (χ4n) is 2.03. The Bertz CT molecular complexity index is 631. The number of benzene rings is 1. The molecular formula is C15H17ClO3. The van der Waals surface area contributed by atoms with Crippen LogP contribution >= 0.6 is 11.6 Å². The zero-order valence-corrected chi connectivity index (χ0v) is 11.9. The van der Waals surface area contributed by atoms with Crippen molar-refractivity contribution in [2.45, 2.75) is 33.1 Å². The minimum atomic E-state index is -0.334. The minimum absolute atomic E-state index is 0.334. The molecule has 0 saturated carbocycles. The number of hydrogen-bond donors (Lipinski definition) is 0. The third-order valence-electron chi connectivity index (χ3n) is 2.86. The van der Waals surface area contributed by atoms with E-state index >= 15 is 0 Å². The molecule has 0 unspecified atom stereocenters. The van der Waals surface area contributed by atoms with Gasteiger partial charge in [0.15, 0.2) is 0 Å². The van der Waals surface area contributed by atoms with Crippen molar-refractivity contribution in [2.24, 2.45) is 0 Å². The van der Waals surface area contributed by atoms with E-state index in [0.717, 1.165) is 30.2 Å². The van der Waals surface area contributed by atoms with E-state index < -0.39 is 0 Å². The monoisotopic (exact) mass is 280 g/mol. The summed E-state index contributed by atoms with van der Waals surface area (Å²) in [7, 11) is 0. The predicted octanol–water partition coefficient (Wildman–Crippen LogP) is 4.19. The lowest BCUT2D eigenvalue weighted by Gasteiger charge is -2.09. The second kappa shape index (κ2) is 6.11. The lowest BCUT2D eigenvalue weighted by Crippen LogP contribution is -2.02. The van der Waals surface area contributed by atoms with E-state index in [0.29, 0.717) is 23.0 Å². The van der Waals surface area contributed by atoms with Gasteiger partial charge in [0.05, 0.1) is 11.6 Å². The summed E-state index contributed by atoms with van der Waals surface area (Å²) in [6.07, 6.45) is 2.69. The summed E-state index contributed by atoms with van der Waals surface area (Å²) >= 11 is 6.21. The SMILES string of the molecule is CCCOc1cc2oc(=O)cc(CCC)c2cc1Cl. The number of fused-ring (bicyclic) bond motifs is 1. The second-order valence-corrected chi connectivity index (χ2v) is 4.88. The maximum Gasteiger partial charge on any atom is 0.336 e. The summed E-state index contributed by atoms with van der Waals surface area (Å²) in [6, 6.07) is 5.05. The van der Waals surface area contributed by atoms with Gasteiger partial charge < -0.3 is 9.15 Å². The van der Waals surface area contributed by atoms with Crippen LogP contribution in [-0.2, 0) is 6.42 Å². The average Bonchev–Trinajstić information content (AvgIpc) is 2.37. The molecule has 3 nitrogen and oxygen atoms in total. The van der Waals surface area contributed by atoms with E-state index in [1.807, 2.05) is 13.0 Å². The number of rotatable bonds is 5. The summed E-state index contributed by atoms with van der Waals surface area (Å²) in [5.41, 5.74) is 1.17. The second-order valence-electron chi connectivity index (χ2n) is 4.47. The zero-order chi connectivity index (χ0) is 13.8. The molecule has 1 heterocycles. The van der Waals surface area contributed by atoms with E-state index in [4.69, 9.17) is 20.8 Å². The van der Waals surface area contributed by atoms with Crippen LogP contribution in [0.5, 0.6) is 5.75 Å². The molecule has 0 fully saturated rings. The molecule has 0 amide bonds. The molecule has 1 aromatic heterocycles. The fraction of sp³-hybridized carbons (Fsp3) is 0.400. The first-order chi connectivity index (χ1) is 9.15. The molecule has 0 bridgehead atoms. The largest absolute Gasteiger partial charge is 0.492 e. The molecule has 4 heteroatoms. The average molecular weight is 281 g/mol. The Hall–Kier alpha value is -1.48. The molecule has 0 radical (unpaired) electrons. The third-order valence-corrected chi connectivity index (χ3v) is 3.16. The van der Waals surface area contributed by atoms with Gasteiger partial charge in [-0.15, -0.1) is 0 Å². The lowest BCUT2D eigenvalue weighted by molar-refractivity contribution is 0.317. The van der Waals surface area contributed by atoms with Gasteiger partial charge >= 0.3 is 5.63 Å². The third kappa shape index (κ3) is 3.10. The van der Waals surface area contributed by atoms with E-state index in [1.54, 1.807) is 6.07 Å².